The van der Waals surface area contributed by atoms with Crippen LogP contribution in [-0.4, -0.2) is 33.8 Å². The summed E-state index contributed by atoms with van der Waals surface area (Å²) in [5, 5.41) is 21.7. The Labute approximate surface area is 120 Å². The molecule has 0 amide bonds. The number of rotatable bonds is 5. The van der Waals surface area contributed by atoms with E-state index >= 15 is 0 Å². The van der Waals surface area contributed by atoms with Crippen LogP contribution in [0.2, 0.25) is 0 Å². The maximum atomic E-state index is 11.2. The minimum absolute atomic E-state index is 0.0263. The topological polar surface area (TPSA) is 82.5 Å². The van der Waals surface area contributed by atoms with Crippen molar-refractivity contribution in [3.05, 3.63) is 23.4 Å². The van der Waals surface area contributed by atoms with Crippen LogP contribution >= 0.6 is 0 Å². The third kappa shape index (κ3) is 4.20. The minimum atomic E-state index is -0.981. The minimum Gasteiger partial charge on any atom is -0.478 e. The van der Waals surface area contributed by atoms with E-state index in [1.807, 2.05) is 34.6 Å². The molecule has 0 aliphatic carbocycles. The number of nitrogens with zero attached hydrogens (tertiary/aromatic N) is 1. The monoisotopic (exact) mass is 280 g/mol. The lowest BCUT2D eigenvalue weighted by molar-refractivity contribution is 0.0696. The molecule has 0 aliphatic rings. The van der Waals surface area contributed by atoms with E-state index in [-0.39, 0.29) is 29.5 Å². The van der Waals surface area contributed by atoms with Crippen LogP contribution in [0.3, 0.4) is 0 Å². The third-order valence-electron chi connectivity index (χ3n) is 3.18. The summed E-state index contributed by atoms with van der Waals surface area (Å²) < 4.78 is 0. The molecule has 0 bridgehead atoms. The Morgan fingerprint density at radius 3 is 2.35 bits per heavy atom. The molecule has 5 heteroatoms. The fourth-order valence-electron chi connectivity index (χ4n) is 1.73. The molecule has 112 valence electrons. The molecule has 0 radical (unpaired) electrons. The zero-order chi connectivity index (χ0) is 15.5. The van der Waals surface area contributed by atoms with Crippen molar-refractivity contribution in [3.8, 4) is 0 Å². The summed E-state index contributed by atoms with van der Waals surface area (Å²) in [6, 6.07) is 2.94. The largest absolute Gasteiger partial charge is 0.478 e. The molecule has 0 aromatic carbocycles. The van der Waals surface area contributed by atoms with Gasteiger partial charge in [0.2, 0.25) is 0 Å². The zero-order valence-electron chi connectivity index (χ0n) is 12.8. The summed E-state index contributed by atoms with van der Waals surface area (Å²) >= 11 is 0. The molecule has 1 unspecified atom stereocenters. The molecular formula is C15H24N2O3. The first-order chi connectivity index (χ1) is 9.15. The quantitative estimate of drug-likeness (QED) is 0.772. The van der Waals surface area contributed by atoms with Gasteiger partial charge in [-0.1, -0.05) is 34.6 Å². The van der Waals surface area contributed by atoms with Gasteiger partial charge in [0.15, 0.2) is 0 Å². The molecule has 1 atom stereocenters. The average molecular weight is 280 g/mol. The molecule has 1 aromatic rings. The molecule has 1 heterocycles. The number of aromatic carboxylic acids is 1. The lowest BCUT2D eigenvalue weighted by atomic mass is 9.90. The number of carboxylic acid groups (broad SMARTS) is 1. The average Bonchev–Trinajstić information content (AvgIpc) is 2.34. The number of pyridine rings is 1. The van der Waals surface area contributed by atoms with Gasteiger partial charge in [0.05, 0.1) is 18.2 Å². The SMILES string of the molecule is CC(C)C(CO)Nc1cc(C(=O)O)cc(C(C)(C)C)n1. The summed E-state index contributed by atoms with van der Waals surface area (Å²) in [5.41, 5.74) is 0.669. The lowest BCUT2D eigenvalue weighted by Gasteiger charge is -2.23. The van der Waals surface area contributed by atoms with E-state index in [1.165, 1.54) is 6.07 Å². The van der Waals surface area contributed by atoms with Gasteiger partial charge in [-0.3, -0.25) is 0 Å². The van der Waals surface area contributed by atoms with Crippen LogP contribution < -0.4 is 5.32 Å². The molecule has 0 spiro atoms. The maximum absolute atomic E-state index is 11.2. The first-order valence-corrected chi connectivity index (χ1v) is 6.78. The van der Waals surface area contributed by atoms with Crippen LogP contribution in [0.5, 0.6) is 0 Å². The van der Waals surface area contributed by atoms with Crippen LogP contribution in [0.4, 0.5) is 5.82 Å². The second-order valence-electron chi connectivity index (χ2n) is 6.36. The number of aromatic nitrogens is 1. The molecule has 0 fully saturated rings. The molecule has 0 saturated carbocycles. The zero-order valence-corrected chi connectivity index (χ0v) is 12.8. The number of carbonyl (C=O) groups is 1. The molecule has 1 rings (SSSR count). The molecule has 1 aromatic heterocycles. The smallest absolute Gasteiger partial charge is 0.335 e. The molecule has 0 saturated heterocycles. The number of anilines is 1. The normalized spacial score (nSPS) is 13.3. The van der Waals surface area contributed by atoms with Gasteiger partial charge in [0, 0.05) is 11.1 Å². The Morgan fingerprint density at radius 1 is 1.35 bits per heavy atom. The second kappa shape index (κ2) is 6.22. The highest BCUT2D eigenvalue weighted by atomic mass is 16.4. The van der Waals surface area contributed by atoms with E-state index in [9.17, 15) is 15.0 Å². The number of hydrogen-bond acceptors (Lipinski definition) is 4. The summed E-state index contributed by atoms with van der Waals surface area (Å²) in [4.78, 5) is 15.7. The van der Waals surface area contributed by atoms with Gasteiger partial charge < -0.3 is 15.5 Å². The van der Waals surface area contributed by atoms with E-state index in [0.717, 1.165) is 0 Å². The molecule has 0 aliphatic heterocycles. The van der Waals surface area contributed by atoms with Crippen molar-refractivity contribution in [1.29, 1.82) is 0 Å². The van der Waals surface area contributed by atoms with E-state index in [4.69, 9.17) is 0 Å². The highest BCUT2D eigenvalue weighted by Crippen LogP contribution is 2.24. The first kappa shape index (κ1) is 16.4. The van der Waals surface area contributed by atoms with Crippen LogP contribution in [0.25, 0.3) is 0 Å². The highest BCUT2D eigenvalue weighted by Gasteiger charge is 2.20. The number of carboxylic acids is 1. The fourth-order valence-corrected chi connectivity index (χ4v) is 1.73. The van der Waals surface area contributed by atoms with Crippen molar-refractivity contribution < 1.29 is 15.0 Å². The number of aliphatic hydroxyl groups excluding tert-OH is 1. The Balaban J connectivity index is 3.19. The van der Waals surface area contributed by atoms with Crippen LogP contribution in [0.1, 0.15) is 50.7 Å². The van der Waals surface area contributed by atoms with E-state index in [0.29, 0.717) is 11.5 Å². The number of aliphatic hydroxyl groups is 1. The van der Waals surface area contributed by atoms with Gasteiger partial charge in [-0.15, -0.1) is 0 Å². The number of hydrogen-bond donors (Lipinski definition) is 3. The van der Waals surface area contributed by atoms with Gasteiger partial charge in [0.1, 0.15) is 5.82 Å². The maximum Gasteiger partial charge on any atom is 0.335 e. The van der Waals surface area contributed by atoms with Crippen LogP contribution in [0, 0.1) is 5.92 Å². The Hall–Kier alpha value is -1.62. The van der Waals surface area contributed by atoms with Crippen molar-refractivity contribution in [3.63, 3.8) is 0 Å². The lowest BCUT2D eigenvalue weighted by Crippen LogP contribution is -2.30. The Kier molecular flexibility index (Phi) is 5.11. The fraction of sp³-hybridized carbons (Fsp3) is 0.600. The highest BCUT2D eigenvalue weighted by molar-refractivity contribution is 5.88. The van der Waals surface area contributed by atoms with Gasteiger partial charge in [-0.2, -0.15) is 0 Å². The summed E-state index contributed by atoms with van der Waals surface area (Å²) in [5.74, 6) is -0.276. The standard InChI is InChI=1S/C15H24N2O3/c1-9(2)11(8-18)16-13-7-10(14(19)20)6-12(17-13)15(3,4)5/h6-7,9,11,18H,8H2,1-5H3,(H,16,17)(H,19,20). The van der Waals surface area contributed by atoms with Crippen molar-refractivity contribution in [2.24, 2.45) is 5.92 Å². The van der Waals surface area contributed by atoms with Crippen molar-refractivity contribution in [2.45, 2.75) is 46.1 Å². The Morgan fingerprint density at radius 2 is 1.95 bits per heavy atom. The predicted octanol–water partition coefficient (Wildman–Crippen LogP) is 2.51. The van der Waals surface area contributed by atoms with Gasteiger partial charge >= 0.3 is 5.97 Å². The predicted molar refractivity (Wildman–Crippen MR) is 79.2 cm³/mol. The summed E-state index contributed by atoms with van der Waals surface area (Å²) in [7, 11) is 0. The number of nitrogens with one attached hydrogen (secondary N) is 1. The first-order valence-electron chi connectivity index (χ1n) is 6.78. The molecule has 20 heavy (non-hydrogen) atoms. The van der Waals surface area contributed by atoms with Gasteiger partial charge in [0.25, 0.3) is 0 Å². The summed E-state index contributed by atoms with van der Waals surface area (Å²) in [6.07, 6.45) is 0. The van der Waals surface area contributed by atoms with Crippen LogP contribution in [-0.2, 0) is 5.41 Å². The van der Waals surface area contributed by atoms with Crippen molar-refractivity contribution in [1.82, 2.24) is 4.98 Å². The van der Waals surface area contributed by atoms with Crippen LogP contribution in [0.15, 0.2) is 12.1 Å². The Bertz CT molecular complexity index is 478. The third-order valence-corrected chi connectivity index (χ3v) is 3.18. The van der Waals surface area contributed by atoms with E-state index in [1.54, 1.807) is 6.07 Å². The van der Waals surface area contributed by atoms with Gasteiger partial charge in [-0.05, 0) is 18.1 Å². The summed E-state index contributed by atoms with van der Waals surface area (Å²) in [6.45, 7) is 9.89. The molecule has 5 nitrogen and oxygen atoms in total. The molecule has 3 N–H and O–H groups in total. The van der Waals surface area contributed by atoms with Gasteiger partial charge in [-0.25, -0.2) is 9.78 Å². The van der Waals surface area contributed by atoms with E-state index < -0.39 is 5.97 Å². The second-order valence-corrected chi connectivity index (χ2v) is 6.36. The molecular weight excluding hydrogens is 256 g/mol. The van der Waals surface area contributed by atoms with Crippen molar-refractivity contribution >= 4 is 11.8 Å². The van der Waals surface area contributed by atoms with Crippen molar-refractivity contribution in [2.75, 3.05) is 11.9 Å². The van der Waals surface area contributed by atoms with E-state index in [2.05, 4.69) is 10.3 Å².